The highest BCUT2D eigenvalue weighted by molar-refractivity contribution is 7.89. The molecule has 20 heavy (non-hydrogen) atoms. The third-order valence-electron chi connectivity index (χ3n) is 3.79. The van der Waals surface area contributed by atoms with Crippen LogP contribution >= 0.6 is 0 Å². The molecule has 0 spiro atoms. The van der Waals surface area contributed by atoms with Crippen molar-refractivity contribution in [3.8, 4) is 5.75 Å². The first-order valence-corrected chi connectivity index (χ1v) is 8.37. The monoisotopic (exact) mass is 299 g/mol. The lowest BCUT2D eigenvalue weighted by Gasteiger charge is -2.17. The topological polar surface area (TPSA) is 55.4 Å². The van der Waals surface area contributed by atoms with Crippen molar-refractivity contribution in [2.24, 2.45) is 5.92 Å². The standard InChI is InChI=1S/C15H25NO3S/c1-7-10(2)9-16-20(17,18)15-11(3)8-14(19-6)12(4)13(15)5/h8,10,16H,7,9H2,1-6H3. The second-order valence-corrected chi connectivity index (χ2v) is 7.04. The molecule has 0 aliphatic heterocycles. The van der Waals surface area contributed by atoms with E-state index < -0.39 is 10.0 Å². The van der Waals surface area contributed by atoms with Gasteiger partial charge in [-0.2, -0.15) is 0 Å². The number of methoxy groups -OCH3 is 1. The smallest absolute Gasteiger partial charge is 0.241 e. The Morgan fingerprint density at radius 3 is 2.35 bits per heavy atom. The maximum atomic E-state index is 12.5. The van der Waals surface area contributed by atoms with E-state index in [9.17, 15) is 8.42 Å². The van der Waals surface area contributed by atoms with Crippen molar-refractivity contribution in [3.05, 3.63) is 22.8 Å². The SMILES string of the molecule is CCC(C)CNS(=O)(=O)c1c(C)cc(OC)c(C)c1C. The Kier molecular flexibility index (Phi) is 5.59. The van der Waals surface area contributed by atoms with Gasteiger partial charge in [-0.3, -0.25) is 0 Å². The molecule has 0 fully saturated rings. The Morgan fingerprint density at radius 2 is 1.85 bits per heavy atom. The Morgan fingerprint density at radius 1 is 1.25 bits per heavy atom. The van der Waals surface area contributed by atoms with E-state index in [0.717, 1.165) is 23.3 Å². The third-order valence-corrected chi connectivity index (χ3v) is 5.50. The van der Waals surface area contributed by atoms with Crippen LogP contribution < -0.4 is 9.46 Å². The molecule has 0 aliphatic carbocycles. The summed E-state index contributed by atoms with van der Waals surface area (Å²) in [5.74, 6) is 1.05. The van der Waals surface area contributed by atoms with Gasteiger partial charge in [0, 0.05) is 6.54 Å². The minimum atomic E-state index is -3.48. The molecular formula is C15H25NO3S. The predicted octanol–water partition coefficient (Wildman–Crippen LogP) is 2.94. The van der Waals surface area contributed by atoms with Crippen molar-refractivity contribution >= 4 is 10.0 Å². The number of ether oxygens (including phenoxy) is 1. The van der Waals surface area contributed by atoms with E-state index in [-0.39, 0.29) is 0 Å². The van der Waals surface area contributed by atoms with E-state index >= 15 is 0 Å². The first-order chi connectivity index (χ1) is 9.24. The van der Waals surface area contributed by atoms with Crippen molar-refractivity contribution in [2.75, 3.05) is 13.7 Å². The fraction of sp³-hybridized carbons (Fsp3) is 0.600. The molecule has 0 heterocycles. The Bertz CT molecular complexity index is 579. The summed E-state index contributed by atoms with van der Waals surface area (Å²) in [5.41, 5.74) is 2.32. The zero-order valence-electron chi connectivity index (χ0n) is 13.2. The lowest BCUT2D eigenvalue weighted by atomic mass is 10.1. The lowest BCUT2D eigenvalue weighted by Crippen LogP contribution is -2.29. The van der Waals surface area contributed by atoms with Gasteiger partial charge in [0.25, 0.3) is 0 Å². The van der Waals surface area contributed by atoms with Crippen LogP contribution in [0.5, 0.6) is 5.75 Å². The second-order valence-electron chi connectivity index (χ2n) is 5.34. The minimum Gasteiger partial charge on any atom is -0.496 e. The van der Waals surface area contributed by atoms with E-state index in [1.165, 1.54) is 0 Å². The van der Waals surface area contributed by atoms with Crippen molar-refractivity contribution < 1.29 is 13.2 Å². The molecule has 1 unspecified atom stereocenters. The summed E-state index contributed by atoms with van der Waals surface area (Å²) in [7, 11) is -1.89. The van der Waals surface area contributed by atoms with E-state index in [4.69, 9.17) is 4.74 Å². The molecular weight excluding hydrogens is 274 g/mol. The van der Waals surface area contributed by atoms with Crippen molar-refractivity contribution in [1.82, 2.24) is 4.72 Å². The van der Waals surface area contributed by atoms with Gasteiger partial charge in [-0.25, -0.2) is 13.1 Å². The number of benzene rings is 1. The number of rotatable bonds is 6. The second kappa shape index (κ2) is 6.59. The van der Waals surface area contributed by atoms with E-state index in [0.29, 0.717) is 22.9 Å². The lowest BCUT2D eigenvalue weighted by molar-refractivity contribution is 0.410. The van der Waals surface area contributed by atoms with Crippen LogP contribution in [0.25, 0.3) is 0 Å². The van der Waals surface area contributed by atoms with Crippen LogP contribution in [0.15, 0.2) is 11.0 Å². The zero-order chi connectivity index (χ0) is 15.5. The maximum absolute atomic E-state index is 12.5. The highest BCUT2D eigenvalue weighted by atomic mass is 32.2. The fourth-order valence-corrected chi connectivity index (χ4v) is 3.80. The van der Waals surface area contributed by atoms with Crippen LogP contribution in [0.3, 0.4) is 0 Å². The van der Waals surface area contributed by atoms with E-state index in [2.05, 4.69) is 4.72 Å². The van der Waals surface area contributed by atoms with Crippen molar-refractivity contribution in [2.45, 2.75) is 45.9 Å². The van der Waals surface area contributed by atoms with Crippen LogP contribution in [0.4, 0.5) is 0 Å². The van der Waals surface area contributed by atoms with Crippen LogP contribution in [0.2, 0.25) is 0 Å². The molecule has 1 atom stereocenters. The molecule has 114 valence electrons. The summed E-state index contributed by atoms with van der Waals surface area (Å²) in [6, 6.07) is 1.78. The highest BCUT2D eigenvalue weighted by Crippen LogP contribution is 2.30. The van der Waals surface area contributed by atoms with Gasteiger partial charge in [0.1, 0.15) is 5.75 Å². The molecule has 0 bridgehead atoms. The third kappa shape index (κ3) is 3.52. The average molecular weight is 299 g/mol. The van der Waals surface area contributed by atoms with Gasteiger partial charge in [0.2, 0.25) is 10.0 Å². The number of sulfonamides is 1. The Labute approximate surface area is 122 Å². The molecule has 0 saturated carbocycles. The first-order valence-electron chi connectivity index (χ1n) is 6.89. The highest BCUT2D eigenvalue weighted by Gasteiger charge is 2.22. The fourth-order valence-electron chi connectivity index (χ4n) is 2.12. The number of aryl methyl sites for hydroxylation is 1. The molecule has 5 heteroatoms. The number of nitrogens with one attached hydrogen (secondary N) is 1. The van der Waals surface area contributed by atoms with Gasteiger partial charge in [-0.05, 0) is 49.4 Å². The minimum absolute atomic E-state index is 0.324. The van der Waals surface area contributed by atoms with Crippen LogP contribution in [-0.2, 0) is 10.0 Å². The van der Waals surface area contributed by atoms with Crippen LogP contribution in [-0.4, -0.2) is 22.1 Å². The number of hydrogen-bond donors (Lipinski definition) is 1. The quantitative estimate of drug-likeness (QED) is 0.878. The molecule has 1 N–H and O–H groups in total. The molecule has 1 aromatic rings. The molecule has 0 amide bonds. The van der Waals surface area contributed by atoms with Gasteiger partial charge in [-0.15, -0.1) is 0 Å². The Hall–Kier alpha value is -1.07. The van der Waals surface area contributed by atoms with Gasteiger partial charge in [-0.1, -0.05) is 20.3 Å². The summed E-state index contributed by atoms with van der Waals surface area (Å²) in [4.78, 5) is 0.374. The van der Waals surface area contributed by atoms with Crippen molar-refractivity contribution in [3.63, 3.8) is 0 Å². The van der Waals surface area contributed by atoms with Gasteiger partial charge in [0.15, 0.2) is 0 Å². The molecule has 0 saturated heterocycles. The summed E-state index contributed by atoms with van der Waals surface area (Å²) in [6.07, 6.45) is 0.947. The molecule has 1 rings (SSSR count). The van der Waals surface area contributed by atoms with Crippen LogP contribution in [0, 0.1) is 26.7 Å². The molecule has 0 aliphatic rings. The maximum Gasteiger partial charge on any atom is 0.241 e. The predicted molar refractivity (Wildman–Crippen MR) is 81.8 cm³/mol. The number of hydrogen-bond acceptors (Lipinski definition) is 3. The Balaban J connectivity index is 3.22. The summed E-state index contributed by atoms with van der Waals surface area (Å²) >= 11 is 0. The van der Waals surface area contributed by atoms with Gasteiger partial charge in [0.05, 0.1) is 12.0 Å². The summed E-state index contributed by atoms with van der Waals surface area (Å²) in [5, 5.41) is 0. The van der Waals surface area contributed by atoms with E-state index in [1.54, 1.807) is 20.1 Å². The molecule has 0 radical (unpaired) electrons. The van der Waals surface area contributed by atoms with E-state index in [1.807, 2.05) is 27.7 Å². The molecule has 4 nitrogen and oxygen atoms in total. The van der Waals surface area contributed by atoms with Gasteiger partial charge >= 0.3 is 0 Å². The largest absolute Gasteiger partial charge is 0.496 e. The summed E-state index contributed by atoms with van der Waals surface area (Å²) in [6.45, 7) is 10.0. The summed E-state index contributed by atoms with van der Waals surface area (Å²) < 4.78 is 33.0. The normalized spacial score (nSPS) is 13.3. The first kappa shape index (κ1) is 17.0. The van der Waals surface area contributed by atoms with Gasteiger partial charge < -0.3 is 4.74 Å². The van der Waals surface area contributed by atoms with Crippen molar-refractivity contribution in [1.29, 1.82) is 0 Å². The molecule has 0 aromatic heterocycles. The zero-order valence-corrected chi connectivity index (χ0v) is 14.0. The van der Waals surface area contributed by atoms with Crippen LogP contribution in [0.1, 0.15) is 37.0 Å². The average Bonchev–Trinajstić information content (AvgIpc) is 2.40. The molecule has 1 aromatic carbocycles.